The third-order valence-corrected chi connectivity index (χ3v) is 8.86. The lowest BCUT2D eigenvalue weighted by Crippen LogP contribution is -2.29. The summed E-state index contributed by atoms with van der Waals surface area (Å²) < 4.78 is 25.5. The van der Waals surface area contributed by atoms with Crippen molar-refractivity contribution in [2.75, 3.05) is 18.1 Å². The van der Waals surface area contributed by atoms with E-state index in [9.17, 15) is 19.1 Å². The van der Waals surface area contributed by atoms with Gasteiger partial charge >= 0.3 is 5.91 Å². The summed E-state index contributed by atoms with van der Waals surface area (Å²) in [7, 11) is 0. The third kappa shape index (κ3) is 6.69. The minimum atomic E-state index is -1.03. The van der Waals surface area contributed by atoms with Crippen molar-refractivity contribution in [3.05, 3.63) is 99.8 Å². The Bertz CT molecular complexity index is 1660. The SMILES string of the molecule is CCCOc1ccc(C2C(=C(O)c3ccc(Cl)cc3)C(=O)C(=O)N2c2nnc(SCc3ccc(F)cc3)s2)cc1OCC. The number of thioether (sulfide) groups is 1. The predicted molar refractivity (Wildman–Crippen MR) is 166 cm³/mol. The van der Waals surface area contributed by atoms with Gasteiger partial charge in [0.1, 0.15) is 11.6 Å². The number of aliphatic hydroxyl groups excluding tert-OH is 1. The van der Waals surface area contributed by atoms with Gasteiger partial charge in [-0.25, -0.2) is 4.39 Å². The molecule has 0 aliphatic carbocycles. The first-order valence-corrected chi connectivity index (χ1v) is 15.7. The van der Waals surface area contributed by atoms with Gasteiger partial charge in [-0.1, -0.05) is 59.8 Å². The highest BCUT2D eigenvalue weighted by atomic mass is 35.5. The highest BCUT2D eigenvalue weighted by Crippen LogP contribution is 2.45. The molecule has 4 aromatic rings. The summed E-state index contributed by atoms with van der Waals surface area (Å²) in [5, 5.41) is 20.5. The number of carbonyl (C=O) groups excluding carboxylic acids is 2. The lowest BCUT2D eigenvalue weighted by Gasteiger charge is -2.23. The number of aromatic nitrogens is 2. The van der Waals surface area contributed by atoms with Crippen molar-refractivity contribution in [3.8, 4) is 11.5 Å². The van der Waals surface area contributed by atoms with Crippen LogP contribution in [0.4, 0.5) is 9.52 Å². The minimum absolute atomic E-state index is 0.104. The van der Waals surface area contributed by atoms with E-state index in [0.29, 0.717) is 51.0 Å². The normalized spacial score (nSPS) is 16.1. The second-order valence-electron chi connectivity index (χ2n) is 9.43. The lowest BCUT2D eigenvalue weighted by molar-refractivity contribution is -0.132. The van der Waals surface area contributed by atoms with E-state index in [-0.39, 0.29) is 22.3 Å². The molecule has 3 aromatic carbocycles. The highest BCUT2D eigenvalue weighted by molar-refractivity contribution is 8.00. The topological polar surface area (TPSA) is 102 Å². The van der Waals surface area contributed by atoms with E-state index in [4.69, 9.17) is 21.1 Å². The number of hydrogen-bond acceptors (Lipinski definition) is 9. The summed E-state index contributed by atoms with van der Waals surface area (Å²) in [5.41, 5.74) is 1.62. The Balaban J connectivity index is 1.57. The maximum absolute atomic E-state index is 13.6. The molecule has 1 fully saturated rings. The van der Waals surface area contributed by atoms with Crippen LogP contribution in [0.2, 0.25) is 5.02 Å². The Labute approximate surface area is 261 Å². The summed E-state index contributed by atoms with van der Waals surface area (Å²) in [6.07, 6.45) is 0.799. The smallest absolute Gasteiger partial charge is 0.301 e. The number of benzene rings is 3. The van der Waals surface area contributed by atoms with Crippen LogP contribution in [-0.2, 0) is 15.3 Å². The molecule has 1 saturated heterocycles. The number of carbonyl (C=O) groups is 2. The first kappa shape index (κ1) is 30.5. The molecule has 43 heavy (non-hydrogen) atoms. The molecule has 12 heteroatoms. The molecule has 1 aromatic heterocycles. The quantitative estimate of drug-likeness (QED) is 0.0594. The van der Waals surface area contributed by atoms with Crippen molar-refractivity contribution in [2.24, 2.45) is 0 Å². The van der Waals surface area contributed by atoms with E-state index in [1.54, 1.807) is 54.6 Å². The Morgan fingerprint density at radius 3 is 2.47 bits per heavy atom. The van der Waals surface area contributed by atoms with Crippen molar-refractivity contribution in [1.29, 1.82) is 0 Å². The van der Waals surface area contributed by atoms with Crippen LogP contribution in [-0.4, -0.2) is 40.2 Å². The molecular weight excluding hydrogens is 613 g/mol. The molecule has 1 unspecified atom stereocenters. The summed E-state index contributed by atoms with van der Waals surface area (Å²) in [5.74, 6) is -0.908. The number of hydrogen-bond donors (Lipinski definition) is 1. The van der Waals surface area contributed by atoms with Gasteiger partial charge < -0.3 is 14.6 Å². The molecule has 1 atom stereocenters. The second-order valence-corrected chi connectivity index (χ2v) is 12.0. The first-order valence-electron chi connectivity index (χ1n) is 13.5. The van der Waals surface area contributed by atoms with Gasteiger partial charge in [0.15, 0.2) is 15.8 Å². The second kappa shape index (κ2) is 13.6. The van der Waals surface area contributed by atoms with E-state index in [2.05, 4.69) is 10.2 Å². The monoisotopic (exact) mass is 639 g/mol. The summed E-state index contributed by atoms with van der Waals surface area (Å²) >= 11 is 8.55. The average Bonchev–Trinajstić information content (AvgIpc) is 3.58. The molecule has 0 saturated carbocycles. The van der Waals surface area contributed by atoms with Crippen LogP contribution in [0.25, 0.3) is 5.76 Å². The van der Waals surface area contributed by atoms with Gasteiger partial charge in [0.05, 0.1) is 24.8 Å². The molecule has 222 valence electrons. The molecule has 1 aliphatic rings. The fourth-order valence-corrected chi connectivity index (χ4v) is 6.44. The van der Waals surface area contributed by atoms with Crippen LogP contribution in [0.5, 0.6) is 11.5 Å². The molecule has 0 bridgehead atoms. The molecular formula is C31H27ClFN3O5S2. The van der Waals surface area contributed by atoms with Crippen LogP contribution < -0.4 is 14.4 Å². The number of ketones is 1. The van der Waals surface area contributed by atoms with Crippen LogP contribution in [0.15, 0.2) is 76.6 Å². The van der Waals surface area contributed by atoms with Gasteiger partial charge in [0.25, 0.3) is 5.78 Å². The van der Waals surface area contributed by atoms with E-state index in [1.165, 1.54) is 28.8 Å². The maximum atomic E-state index is 13.6. The van der Waals surface area contributed by atoms with Gasteiger partial charge in [-0.2, -0.15) is 0 Å². The van der Waals surface area contributed by atoms with E-state index in [1.807, 2.05) is 13.8 Å². The average molecular weight is 640 g/mol. The zero-order valence-corrected chi connectivity index (χ0v) is 25.6. The molecule has 1 N–H and O–H groups in total. The van der Waals surface area contributed by atoms with Crippen LogP contribution >= 0.6 is 34.7 Å². The van der Waals surface area contributed by atoms with Crippen LogP contribution in [0, 0.1) is 5.82 Å². The van der Waals surface area contributed by atoms with Crippen molar-refractivity contribution in [1.82, 2.24) is 10.2 Å². The number of halogens is 2. The number of nitrogens with zero attached hydrogens (tertiary/aromatic N) is 3. The van der Waals surface area contributed by atoms with Crippen molar-refractivity contribution >= 4 is 57.3 Å². The molecule has 8 nitrogen and oxygen atoms in total. The van der Waals surface area contributed by atoms with E-state index < -0.39 is 17.7 Å². The number of Topliss-reactive ketones (excluding diaryl/α,β-unsaturated/α-hetero) is 1. The van der Waals surface area contributed by atoms with Gasteiger partial charge in [0.2, 0.25) is 5.13 Å². The molecule has 0 spiro atoms. The molecule has 1 aliphatic heterocycles. The fourth-order valence-electron chi connectivity index (χ4n) is 4.49. The zero-order valence-electron chi connectivity index (χ0n) is 23.3. The minimum Gasteiger partial charge on any atom is -0.507 e. The Morgan fingerprint density at radius 2 is 1.77 bits per heavy atom. The fraction of sp³-hybridized carbons (Fsp3) is 0.226. The third-order valence-electron chi connectivity index (χ3n) is 6.48. The molecule has 1 amide bonds. The highest BCUT2D eigenvalue weighted by Gasteiger charge is 2.48. The van der Waals surface area contributed by atoms with Crippen LogP contribution in [0.1, 0.15) is 43.0 Å². The maximum Gasteiger partial charge on any atom is 0.301 e. The number of aliphatic hydroxyl groups is 1. The Hall–Kier alpha value is -3.93. The number of ether oxygens (including phenoxy) is 2. The van der Waals surface area contributed by atoms with Crippen molar-refractivity contribution in [3.63, 3.8) is 0 Å². The predicted octanol–water partition coefficient (Wildman–Crippen LogP) is 7.44. The van der Waals surface area contributed by atoms with Crippen LogP contribution in [0.3, 0.4) is 0 Å². The molecule has 5 rings (SSSR count). The lowest BCUT2D eigenvalue weighted by atomic mass is 9.95. The van der Waals surface area contributed by atoms with E-state index in [0.717, 1.165) is 23.3 Å². The molecule has 0 radical (unpaired) electrons. The zero-order chi connectivity index (χ0) is 30.5. The summed E-state index contributed by atoms with van der Waals surface area (Å²) in [4.78, 5) is 28.4. The summed E-state index contributed by atoms with van der Waals surface area (Å²) in [6.45, 7) is 4.68. The molecule has 2 heterocycles. The number of anilines is 1. The van der Waals surface area contributed by atoms with Gasteiger partial charge in [-0.15, -0.1) is 10.2 Å². The Kier molecular flexibility index (Phi) is 9.64. The largest absolute Gasteiger partial charge is 0.507 e. The van der Waals surface area contributed by atoms with Crippen molar-refractivity contribution in [2.45, 2.75) is 36.4 Å². The van der Waals surface area contributed by atoms with Gasteiger partial charge in [-0.3, -0.25) is 14.5 Å². The van der Waals surface area contributed by atoms with Gasteiger partial charge in [-0.05, 0) is 73.0 Å². The number of amides is 1. The number of rotatable bonds is 11. The summed E-state index contributed by atoms with van der Waals surface area (Å²) in [6, 6.07) is 16.6. The van der Waals surface area contributed by atoms with E-state index >= 15 is 0 Å². The Morgan fingerprint density at radius 1 is 1.02 bits per heavy atom. The first-order chi connectivity index (χ1) is 20.8. The standard InChI is InChI=1S/C31H27ClFN3O5S2/c1-3-15-41-23-14-9-20(16-24(23)40-4-2)26-25(27(37)19-7-10-21(32)11-8-19)28(38)29(39)36(26)30-34-35-31(43-30)42-17-18-5-12-22(33)13-6-18/h5-14,16,26,37H,3-4,15,17H2,1-2H3. The van der Waals surface area contributed by atoms with Crippen molar-refractivity contribution < 1.29 is 28.6 Å². The van der Waals surface area contributed by atoms with Gasteiger partial charge in [0, 0.05) is 16.3 Å².